The predicted octanol–water partition coefficient (Wildman–Crippen LogP) is -1.14. The number of hydrogen-bond acceptors (Lipinski definition) is 8. The zero-order valence-corrected chi connectivity index (χ0v) is 18.6. The van der Waals surface area contributed by atoms with E-state index in [2.05, 4.69) is 10.0 Å². The lowest BCUT2D eigenvalue weighted by Crippen LogP contribution is -2.64. The molecule has 1 aliphatic heterocycles. The fraction of sp³-hybridized carbons (Fsp3) is 0.500. The van der Waals surface area contributed by atoms with Gasteiger partial charge in [0.2, 0.25) is 21.7 Å². The van der Waals surface area contributed by atoms with Gasteiger partial charge in [0.1, 0.15) is 18.3 Å². The molecule has 0 aromatic heterocycles. The van der Waals surface area contributed by atoms with E-state index in [1.54, 1.807) is 32.9 Å². The topological polar surface area (TPSA) is 182 Å². The van der Waals surface area contributed by atoms with Crippen molar-refractivity contribution in [3.05, 3.63) is 41.7 Å². The molecule has 0 saturated heterocycles. The second-order valence-electron chi connectivity index (χ2n) is 7.81. The molecule has 12 heteroatoms. The van der Waals surface area contributed by atoms with Gasteiger partial charge in [-0.2, -0.15) is 0 Å². The molecule has 32 heavy (non-hydrogen) atoms. The Hall–Kier alpha value is -2.51. The number of nitrogens with one attached hydrogen (secondary N) is 2. The molecule has 5 atom stereocenters. The van der Waals surface area contributed by atoms with Gasteiger partial charge >= 0.3 is 5.97 Å². The van der Waals surface area contributed by atoms with E-state index < -0.39 is 70.6 Å². The van der Waals surface area contributed by atoms with Gasteiger partial charge in [-0.1, -0.05) is 31.5 Å². The van der Waals surface area contributed by atoms with Crippen molar-refractivity contribution in [2.45, 2.75) is 56.1 Å². The monoisotopic (exact) mass is 472 g/mol. The minimum absolute atomic E-state index is 0.0960. The smallest absolute Gasteiger partial charge is 0.370 e. The maximum absolute atomic E-state index is 12.9. The van der Waals surface area contributed by atoms with E-state index >= 15 is 0 Å². The number of aliphatic carboxylic acids is 1. The summed E-state index contributed by atoms with van der Waals surface area (Å²) in [5.41, 5.74) is 0.825. The number of amides is 1. The van der Waals surface area contributed by atoms with Gasteiger partial charge in [0.25, 0.3) is 0 Å². The fourth-order valence-electron chi connectivity index (χ4n) is 3.04. The molecule has 6 N–H and O–H groups in total. The molecular formula is C20H28N2O9S. The summed E-state index contributed by atoms with van der Waals surface area (Å²) in [6.07, 6.45) is -4.19. The number of carbonyl (C=O) groups is 2. The van der Waals surface area contributed by atoms with E-state index in [0.29, 0.717) is 0 Å². The third-order valence-electron chi connectivity index (χ3n) is 4.92. The molecule has 1 heterocycles. The maximum atomic E-state index is 12.9. The number of benzene rings is 1. The third-order valence-corrected chi connectivity index (χ3v) is 6.39. The molecule has 1 amide bonds. The SMILES string of the molecule is Cc1ccc(S(=O)(=O)N[C@H]2C=C(C(=O)O)O[C@@H]([C@H](O)[C@H](O)CO)[C@@H]2NC(=O)C(C)C)cc1. The molecule has 1 aliphatic rings. The summed E-state index contributed by atoms with van der Waals surface area (Å²) in [7, 11) is -4.18. The molecular weight excluding hydrogens is 444 g/mol. The second-order valence-corrected chi connectivity index (χ2v) is 9.52. The first-order valence-corrected chi connectivity index (χ1v) is 11.3. The van der Waals surface area contributed by atoms with Gasteiger partial charge < -0.3 is 30.5 Å². The molecule has 0 radical (unpaired) electrons. The molecule has 0 saturated carbocycles. The van der Waals surface area contributed by atoms with Crippen molar-refractivity contribution >= 4 is 21.9 Å². The maximum Gasteiger partial charge on any atom is 0.370 e. The van der Waals surface area contributed by atoms with Gasteiger partial charge in [-0.15, -0.1) is 0 Å². The normalized spacial score (nSPS) is 23.1. The summed E-state index contributed by atoms with van der Waals surface area (Å²) in [6.45, 7) is 4.06. The first-order chi connectivity index (χ1) is 14.9. The van der Waals surface area contributed by atoms with Crippen molar-refractivity contribution in [2.75, 3.05) is 6.61 Å². The number of aryl methyl sites for hydroxylation is 1. The van der Waals surface area contributed by atoms with Crippen LogP contribution in [0.2, 0.25) is 0 Å². The Morgan fingerprint density at radius 1 is 1.16 bits per heavy atom. The molecule has 0 unspecified atom stereocenters. The van der Waals surface area contributed by atoms with Crippen molar-refractivity contribution in [2.24, 2.45) is 5.92 Å². The van der Waals surface area contributed by atoms with E-state index in [0.717, 1.165) is 11.6 Å². The summed E-state index contributed by atoms with van der Waals surface area (Å²) in [5.74, 6) is -3.30. The lowest BCUT2D eigenvalue weighted by atomic mass is 9.92. The van der Waals surface area contributed by atoms with Crippen LogP contribution in [0.25, 0.3) is 0 Å². The van der Waals surface area contributed by atoms with Gasteiger partial charge in [-0.05, 0) is 25.1 Å². The van der Waals surface area contributed by atoms with Gasteiger partial charge in [0.05, 0.1) is 23.6 Å². The number of aliphatic hydroxyl groups excluding tert-OH is 3. The number of carboxylic acids is 1. The summed E-state index contributed by atoms with van der Waals surface area (Å²) in [6, 6.07) is 3.24. The average molecular weight is 473 g/mol. The quantitative estimate of drug-likeness (QED) is 0.259. The number of carboxylic acid groups (broad SMARTS) is 1. The van der Waals surface area contributed by atoms with Gasteiger partial charge in [-0.25, -0.2) is 17.9 Å². The van der Waals surface area contributed by atoms with Crippen molar-refractivity contribution in [3.8, 4) is 0 Å². The van der Waals surface area contributed by atoms with Crippen LogP contribution in [0.3, 0.4) is 0 Å². The molecule has 1 aromatic rings. The van der Waals surface area contributed by atoms with E-state index in [4.69, 9.17) is 4.74 Å². The minimum Gasteiger partial charge on any atom is -0.478 e. The van der Waals surface area contributed by atoms with Crippen LogP contribution < -0.4 is 10.0 Å². The van der Waals surface area contributed by atoms with Crippen LogP contribution in [0.1, 0.15) is 19.4 Å². The van der Waals surface area contributed by atoms with Crippen molar-refractivity contribution < 1.29 is 43.2 Å². The van der Waals surface area contributed by atoms with Gasteiger partial charge in [0, 0.05) is 5.92 Å². The van der Waals surface area contributed by atoms with Crippen LogP contribution in [0.15, 0.2) is 41.0 Å². The van der Waals surface area contributed by atoms with Crippen molar-refractivity contribution in [3.63, 3.8) is 0 Å². The number of sulfonamides is 1. The zero-order valence-electron chi connectivity index (χ0n) is 17.8. The van der Waals surface area contributed by atoms with E-state index in [1.165, 1.54) is 12.1 Å². The molecule has 178 valence electrons. The Balaban J connectivity index is 2.51. The fourth-order valence-corrected chi connectivity index (χ4v) is 4.24. The van der Waals surface area contributed by atoms with E-state index in [-0.39, 0.29) is 4.90 Å². The molecule has 11 nitrogen and oxygen atoms in total. The molecule has 1 aromatic carbocycles. The number of aliphatic hydroxyl groups is 3. The zero-order chi connectivity index (χ0) is 24.2. The summed E-state index contributed by atoms with van der Waals surface area (Å²) in [5, 5.41) is 41.5. The molecule has 2 rings (SSSR count). The van der Waals surface area contributed by atoms with Gasteiger partial charge in [-0.3, -0.25) is 4.79 Å². The Morgan fingerprint density at radius 3 is 2.25 bits per heavy atom. The lowest BCUT2D eigenvalue weighted by molar-refractivity contribution is -0.146. The third kappa shape index (κ3) is 6.04. The van der Waals surface area contributed by atoms with Crippen molar-refractivity contribution in [1.82, 2.24) is 10.0 Å². The Morgan fingerprint density at radius 2 is 1.75 bits per heavy atom. The summed E-state index contributed by atoms with van der Waals surface area (Å²) >= 11 is 0. The number of hydrogen-bond donors (Lipinski definition) is 6. The average Bonchev–Trinajstić information content (AvgIpc) is 2.73. The highest BCUT2D eigenvalue weighted by atomic mass is 32.2. The molecule has 0 fully saturated rings. The largest absolute Gasteiger partial charge is 0.478 e. The summed E-state index contributed by atoms with van der Waals surface area (Å²) < 4.78 is 33.5. The summed E-state index contributed by atoms with van der Waals surface area (Å²) in [4.78, 5) is 23.8. The Bertz CT molecular complexity index is 960. The Labute approximate surface area is 185 Å². The second kappa shape index (κ2) is 10.4. The van der Waals surface area contributed by atoms with Crippen LogP contribution in [0, 0.1) is 12.8 Å². The lowest BCUT2D eigenvalue weighted by Gasteiger charge is -2.40. The molecule has 0 spiro atoms. The minimum atomic E-state index is -4.18. The first-order valence-electron chi connectivity index (χ1n) is 9.85. The highest BCUT2D eigenvalue weighted by Gasteiger charge is 2.45. The van der Waals surface area contributed by atoms with Gasteiger partial charge in [0.15, 0.2) is 0 Å². The van der Waals surface area contributed by atoms with Crippen LogP contribution in [0.4, 0.5) is 0 Å². The Kier molecular flexibility index (Phi) is 8.37. The highest BCUT2D eigenvalue weighted by molar-refractivity contribution is 7.89. The van der Waals surface area contributed by atoms with E-state index in [1.807, 2.05) is 0 Å². The van der Waals surface area contributed by atoms with Crippen LogP contribution in [-0.4, -0.2) is 77.7 Å². The number of ether oxygens (including phenoxy) is 1. The molecule has 0 bridgehead atoms. The first kappa shape index (κ1) is 25.7. The number of rotatable bonds is 9. The van der Waals surface area contributed by atoms with Crippen LogP contribution in [0.5, 0.6) is 0 Å². The van der Waals surface area contributed by atoms with E-state index in [9.17, 15) is 38.4 Å². The number of carbonyl (C=O) groups excluding carboxylic acids is 1. The van der Waals surface area contributed by atoms with Crippen LogP contribution in [-0.2, 0) is 24.3 Å². The predicted molar refractivity (Wildman–Crippen MR) is 112 cm³/mol. The highest BCUT2D eigenvalue weighted by Crippen LogP contribution is 2.25. The molecule has 0 aliphatic carbocycles. The van der Waals surface area contributed by atoms with Crippen LogP contribution >= 0.6 is 0 Å². The standard InChI is InChI=1S/C20H28N2O9S/c1-10(2)19(26)21-16-13(22-32(29,30)12-6-4-11(3)5-7-12)8-15(20(27)28)31-18(16)17(25)14(24)9-23/h4-8,10,13-14,16-18,22-25H,9H2,1-3H3,(H,21,26)(H,27,28)/t13-,14+,16+,17+,18+/m0/s1. The van der Waals surface area contributed by atoms with Crippen molar-refractivity contribution in [1.29, 1.82) is 0 Å².